The second-order valence-electron chi connectivity index (χ2n) is 6.93. The van der Waals surface area contributed by atoms with E-state index in [0.29, 0.717) is 12.2 Å². The lowest BCUT2D eigenvalue weighted by molar-refractivity contribution is 0.0978. The van der Waals surface area contributed by atoms with Crippen LogP contribution in [-0.4, -0.2) is 22.2 Å². The molecule has 24 heavy (non-hydrogen) atoms. The number of hydrogen-bond acceptors (Lipinski definition) is 2. The zero-order valence-electron chi connectivity index (χ0n) is 13.9. The first kappa shape index (κ1) is 15.4. The van der Waals surface area contributed by atoms with Gasteiger partial charge < -0.3 is 4.90 Å². The summed E-state index contributed by atoms with van der Waals surface area (Å²) >= 11 is 3.46. The Morgan fingerprint density at radius 1 is 1.21 bits per heavy atom. The van der Waals surface area contributed by atoms with Crippen LogP contribution in [0.3, 0.4) is 0 Å². The molecule has 1 aliphatic heterocycles. The number of rotatable bonds is 1. The van der Waals surface area contributed by atoms with Gasteiger partial charge in [-0.3, -0.25) is 9.48 Å². The minimum absolute atomic E-state index is 0.000322. The molecule has 4 nitrogen and oxygen atoms in total. The van der Waals surface area contributed by atoms with Crippen LogP contribution >= 0.6 is 15.9 Å². The van der Waals surface area contributed by atoms with E-state index in [9.17, 15) is 4.79 Å². The standard InChI is InChI=1S/C19H18BrN3O/c1-19(2)11-23(16-7-5-4-6-14(16)19)18(24)17-13-9-8-12(20)10-15(13)21-22(17)3/h4-10H,11H2,1-3H3. The maximum atomic E-state index is 13.3. The van der Waals surface area contributed by atoms with E-state index in [1.807, 2.05) is 48.3 Å². The van der Waals surface area contributed by atoms with Crippen LogP contribution < -0.4 is 4.90 Å². The molecule has 0 unspecified atom stereocenters. The van der Waals surface area contributed by atoms with Gasteiger partial charge in [-0.2, -0.15) is 5.10 Å². The third-order valence-electron chi connectivity index (χ3n) is 4.72. The predicted octanol–water partition coefficient (Wildman–Crippen LogP) is 4.27. The lowest BCUT2D eigenvalue weighted by Gasteiger charge is -2.21. The van der Waals surface area contributed by atoms with Gasteiger partial charge in [-0.15, -0.1) is 0 Å². The fourth-order valence-electron chi connectivity index (χ4n) is 3.58. The van der Waals surface area contributed by atoms with Gasteiger partial charge >= 0.3 is 0 Å². The van der Waals surface area contributed by atoms with Crippen LogP contribution in [0.25, 0.3) is 10.9 Å². The first-order chi connectivity index (χ1) is 11.4. The molecule has 0 saturated heterocycles. The van der Waals surface area contributed by atoms with Crippen molar-refractivity contribution >= 4 is 38.4 Å². The molecular weight excluding hydrogens is 366 g/mol. The van der Waals surface area contributed by atoms with E-state index in [-0.39, 0.29) is 11.3 Å². The normalized spacial score (nSPS) is 15.8. The van der Waals surface area contributed by atoms with Gasteiger partial charge in [0.25, 0.3) is 5.91 Å². The van der Waals surface area contributed by atoms with Crippen molar-refractivity contribution in [1.29, 1.82) is 0 Å². The van der Waals surface area contributed by atoms with E-state index >= 15 is 0 Å². The van der Waals surface area contributed by atoms with Crippen molar-refractivity contribution in [3.8, 4) is 0 Å². The number of carbonyl (C=O) groups excluding carboxylic acids is 1. The van der Waals surface area contributed by atoms with Gasteiger partial charge in [-0.05, 0) is 29.8 Å². The third kappa shape index (κ3) is 2.18. The Hall–Kier alpha value is -2.14. The van der Waals surface area contributed by atoms with E-state index in [1.54, 1.807) is 4.68 Å². The molecule has 3 aromatic rings. The number of nitrogens with zero attached hydrogens (tertiary/aromatic N) is 3. The molecule has 0 fully saturated rings. The molecule has 1 aromatic heterocycles. The van der Waals surface area contributed by atoms with Gasteiger partial charge in [-0.25, -0.2) is 0 Å². The fourth-order valence-corrected chi connectivity index (χ4v) is 3.93. The van der Waals surface area contributed by atoms with Gasteiger partial charge in [-0.1, -0.05) is 48.0 Å². The molecule has 2 heterocycles. The van der Waals surface area contributed by atoms with Gasteiger partial charge in [0.05, 0.1) is 5.52 Å². The summed E-state index contributed by atoms with van der Waals surface area (Å²) in [5.41, 5.74) is 3.61. The number of halogens is 1. The van der Waals surface area contributed by atoms with E-state index in [4.69, 9.17) is 0 Å². The maximum Gasteiger partial charge on any atom is 0.277 e. The van der Waals surface area contributed by atoms with Crippen molar-refractivity contribution in [2.45, 2.75) is 19.3 Å². The van der Waals surface area contributed by atoms with Crippen molar-refractivity contribution in [3.63, 3.8) is 0 Å². The highest BCUT2D eigenvalue weighted by atomic mass is 79.9. The fraction of sp³-hybridized carbons (Fsp3) is 0.263. The molecule has 5 heteroatoms. The van der Waals surface area contributed by atoms with Crippen LogP contribution in [0.15, 0.2) is 46.9 Å². The Labute approximate surface area is 149 Å². The quantitative estimate of drug-likeness (QED) is 0.628. The van der Waals surface area contributed by atoms with Gasteiger partial charge in [0.2, 0.25) is 0 Å². The molecule has 4 rings (SSSR count). The molecule has 0 radical (unpaired) electrons. The van der Waals surface area contributed by atoms with Crippen molar-refractivity contribution in [3.05, 3.63) is 58.2 Å². The molecule has 122 valence electrons. The molecule has 1 aliphatic rings. The minimum Gasteiger partial charge on any atom is -0.306 e. The molecule has 0 saturated carbocycles. The monoisotopic (exact) mass is 383 g/mol. The largest absolute Gasteiger partial charge is 0.306 e. The summed E-state index contributed by atoms with van der Waals surface area (Å²) in [5, 5.41) is 5.38. The summed E-state index contributed by atoms with van der Waals surface area (Å²) in [7, 11) is 1.83. The summed E-state index contributed by atoms with van der Waals surface area (Å²) in [6.45, 7) is 5.03. The van der Waals surface area contributed by atoms with E-state index in [1.165, 1.54) is 5.56 Å². The number of para-hydroxylation sites is 1. The van der Waals surface area contributed by atoms with Crippen molar-refractivity contribution in [2.75, 3.05) is 11.4 Å². The zero-order valence-corrected chi connectivity index (χ0v) is 15.5. The summed E-state index contributed by atoms with van der Waals surface area (Å²) in [6, 6.07) is 14.0. The number of amides is 1. The summed E-state index contributed by atoms with van der Waals surface area (Å²) in [4.78, 5) is 15.2. The first-order valence-electron chi connectivity index (χ1n) is 7.92. The summed E-state index contributed by atoms with van der Waals surface area (Å²) in [6.07, 6.45) is 0. The van der Waals surface area contributed by atoms with E-state index in [2.05, 4.69) is 40.9 Å². The lowest BCUT2D eigenvalue weighted by atomic mass is 9.87. The molecule has 2 aromatic carbocycles. The van der Waals surface area contributed by atoms with Gasteiger partial charge in [0, 0.05) is 34.6 Å². The molecule has 1 amide bonds. The molecular formula is C19H18BrN3O. The van der Waals surface area contributed by atoms with E-state index in [0.717, 1.165) is 21.1 Å². The zero-order chi connectivity index (χ0) is 17.1. The van der Waals surface area contributed by atoms with Gasteiger partial charge in [0.1, 0.15) is 5.69 Å². The molecule has 0 aliphatic carbocycles. The number of benzene rings is 2. The van der Waals surface area contributed by atoms with Crippen LogP contribution in [0, 0.1) is 0 Å². The summed E-state index contributed by atoms with van der Waals surface area (Å²) in [5.74, 6) is 0.000322. The average Bonchev–Trinajstić information content (AvgIpc) is 3.00. The van der Waals surface area contributed by atoms with Crippen molar-refractivity contribution in [1.82, 2.24) is 9.78 Å². The topological polar surface area (TPSA) is 38.1 Å². The second-order valence-corrected chi connectivity index (χ2v) is 7.84. The molecule has 0 atom stereocenters. The number of carbonyl (C=O) groups is 1. The third-order valence-corrected chi connectivity index (χ3v) is 5.21. The number of aromatic nitrogens is 2. The average molecular weight is 384 g/mol. The Balaban J connectivity index is 1.85. The predicted molar refractivity (Wildman–Crippen MR) is 99.6 cm³/mol. The number of anilines is 1. The molecule has 0 bridgehead atoms. The smallest absolute Gasteiger partial charge is 0.277 e. The van der Waals surface area contributed by atoms with Gasteiger partial charge in [0.15, 0.2) is 0 Å². The van der Waals surface area contributed by atoms with E-state index < -0.39 is 0 Å². The van der Waals surface area contributed by atoms with Crippen LogP contribution in [0.4, 0.5) is 5.69 Å². The Morgan fingerprint density at radius 3 is 2.75 bits per heavy atom. The van der Waals surface area contributed by atoms with Crippen molar-refractivity contribution in [2.24, 2.45) is 7.05 Å². The Kier molecular flexibility index (Phi) is 3.32. The highest BCUT2D eigenvalue weighted by Gasteiger charge is 2.39. The number of aryl methyl sites for hydroxylation is 1. The Morgan fingerprint density at radius 2 is 1.96 bits per heavy atom. The molecule has 0 spiro atoms. The SMILES string of the molecule is Cn1nc2cc(Br)ccc2c1C(=O)N1CC(C)(C)c2ccccc21. The first-order valence-corrected chi connectivity index (χ1v) is 8.71. The highest BCUT2D eigenvalue weighted by molar-refractivity contribution is 9.10. The second kappa shape index (κ2) is 5.18. The minimum atomic E-state index is -0.0519. The lowest BCUT2D eigenvalue weighted by Crippen LogP contribution is -2.35. The molecule has 0 N–H and O–H groups in total. The number of hydrogen-bond donors (Lipinski definition) is 0. The Bertz CT molecular complexity index is 974. The van der Waals surface area contributed by atoms with Crippen LogP contribution in [-0.2, 0) is 12.5 Å². The highest BCUT2D eigenvalue weighted by Crippen LogP contribution is 2.41. The summed E-state index contributed by atoms with van der Waals surface area (Å²) < 4.78 is 2.65. The maximum absolute atomic E-state index is 13.3. The van der Waals surface area contributed by atoms with Crippen molar-refractivity contribution < 1.29 is 4.79 Å². The van der Waals surface area contributed by atoms with Crippen LogP contribution in [0.1, 0.15) is 29.9 Å². The van der Waals surface area contributed by atoms with Crippen LogP contribution in [0.2, 0.25) is 0 Å². The number of fused-ring (bicyclic) bond motifs is 2. The van der Waals surface area contributed by atoms with Crippen LogP contribution in [0.5, 0.6) is 0 Å².